The summed E-state index contributed by atoms with van der Waals surface area (Å²) in [5.74, 6) is -0.722. The Morgan fingerprint density at radius 3 is 2.29 bits per heavy atom. The maximum atomic E-state index is 12.8. The third kappa shape index (κ3) is 3.07. The monoisotopic (exact) mass is 319 g/mol. The molecule has 3 heteroatoms. The number of aryl methyl sites for hydroxylation is 1. The van der Waals surface area contributed by atoms with Crippen LogP contribution in [-0.2, 0) is 4.79 Å². The van der Waals surface area contributed by atoms with Crippen LogP contribution >= 0.6 is 0 Å². The average molecular weight is 319 g/mol. The lowest BCUT2D eigenvalue weighted by Crippen LogP contribution is -2.27. The van der Waals surface area contributed by atoms with Crippen LogP contribution in [0, 0.1) is 18.8 Å². The van der Waals surface area contributed by atoms with Gasteiger partial charge in [0.15, 0.2) is 5.78 Å². The number of ketones is 2. The first-order valence-electron chi connectivity index (χ1n) is 8.29. The molecular weight excluding hydrogens is 298 g/mol. The van der Waals surface area contributed by atoms with Crippen molar-refractivity contribution < 1.29 is 9.59 Å². The highest BCUT2D eigenvalue weighted by atomic mass is 16.2. The van der Waals surface area contributed by atoms with E-state index in [1.54, 1.807) is 6.07 Å². The number of carbonyl (C=O) groups excluding carboxylic acids is 2. The molecule has 0 N–H and O–H groups in total. The molecule has 0 aliphatic heterocycles. The van der Waals surface area contributed by atoms with Crippen LogP contribution in [0.1, 0.15) is 41.8 Å². The van der Waals surface area contributed by atoms with Crippen LogP contribution in [0.4, 0.5) is 5.69 Å². The van der Waals surface area contributed by atoms with Crippen molar-refractivity contribution in [2.75, 3.05) is 0 Å². The smallest absolute Gasteiger partial charge is 0.180 e. The van der Waals surface area contributed by atoms with E-state index in [0.29, 0.717) is 17.7 Å². The summed E-state index contributed by atoms with van der Waals surface area (Å²) < 4.78 is 0. The van der Waals surface area contributed by atoms with Crippen molar-refractivity contribution in [1.29, 1.82) is 0 Å². The van der Waals surface area contributed by atoms with Gasteiger partial charge >= 0.3 is 0 Å². The predicted molar refractivity (Wildman–Crippen MR) is 96.1 cm³/mol. The standard InChI is InChI=1S/C21H21NO2/c1-13(2)12-18(23)19-20(22-15-10-8-14(3)9-11-15)16-6-4-5-7-17(16)21(19)24/h4-11,13,19H,12H2,1-3H3/t19-/m0/s1. The summed E-state index contributed by atoms with van der Waals surface area (Å²) in [7, 11) is 0. The van der Waals surface area contributed by atoms with Gasteiger partial charge in [-0.1, -0.05) is 55.8 Å². The molecule has 0 spiro atoms. The number of benzene rings is 2. The van der Waals surface area contributed by atoms with E-state index >= 15 is 0 Å². The van der Waals surface area contributed by atoms with E-state index in [0.717, 1.165) is 16.8 Å². The summed E-state index contributed by atoms with van der Waals surface area (Å²) >= 11 is 0. The molecule has 24 heavy (non-hydrogen) atoms. The fraction of sp³-hybridized carbons (Fsp3) is 0.286. The zero-order valence-corrected chi connectivity index (χ0v) is 14.2. The molecule has 3 nitrogen and oxygen atoms in total. The minimum absolute atomic E-state index is 0.0444. The molecule has 0 saturated carbocycles. The molecular formula is C21H21NO2. The van der Waals surface area contributed by atoms with Gasteiger partial charge in [-0.25, -0.2) is 0 Å². The zero-order chi connectivity index (χ0) is 17.3. The van der Waals surface area contributed by atoms with E-state index in [9.17, 15) is 9.59 Å². The molecule has 3 rings (SSSR count). The predicted octanol–water partition coefficient (Wildman–Crippen LogP) is 4.54. The number of rotatable bonds is 4. The van der Waals surface area contributed by atoms with Crippen molar-refractivity contribution in [3.05, 3.63) is 65.2 Å². The second-order valence-corrected chi connectivity index (χ2v) is 6.74. The van der Waals surface area contributed by atoms with Crippen molar-refractivity contribution in [2.24, 2.45) is 16.8 Å². The molecule has 1 aliphatic rings. The first-order valence-corrected chi connectivity index (χ1v) is 8.29. The van der Waals surface area contributed by atoms with Gasteiger partial charge in [0.25, 0.3) is 0 Å². The molecule has 0 unspecified atom stereocenters. The van der Waals surface area contributed by atoms with E-state index in [2.05, 4.69) is 4.99 Å². The van der Waals surface area contributed by atoms with Gasteiger partial charge in [-0.15, -0.1) is 0 Å². The lowest BCUT2D eigenvalue weighted by molar-refractivity contribution is -0.120. The number of hydrogen-bond acceptors (Lipinski definition) is 3. The maximum Gasteiger partial charge on any atom is 0.180 e. The van der Waals surface area contributed by atoms with Crippen LogP contribution in [-0.4, -0.2) is 17.3 Å². The Morgan fingerprint density at radius 2 is 1.67 bits per heavy atom. The zero-order valence-electron chi connectivity index (χ0n) is 14.2. The molecule has 1 aliphatic carbocycles. The minimum Gasteiger partial charge on any atom is -0.298 e. The Morgan fingerprint density at radius 1 is 1.04 bits per heavy atom. The van der Waals surface area contributed by atoms with Crippen molar-refractivity contribution >= 4 is 23.0 Å². The lowest BCUT2D eigenvalue weighted by Gasteiger charge is -2.11. The topological polar surface area (TPSA) is 46.5 Å². The van der Waals surface area contributed by atoms with Crippen LogP contribution in [0.25, 0.3) is 0 Å². The molecule has 122 valence electrons. The van der Waals surface area contributed by atoms with Crippen molar-refractivity contribution in [3.63, 3.8) is 0 Å². The minimum atomic E-state index is -0.772. The molecule has 0 aromatic heterocycles. The summed E-state index contributed by atoms with van der Waals surface area (Å²) in [5, 5.41) is 0. The third-order valence-corrected chi connectivity index (χ3v) is 4.22. The van der Waals surface area contributed by atoms with E-state index in [1.807, 2.05) is 63.2 Å². The Kier molecular flexibility index (Phi) is 4.43. The average Bonchev–Trinajstić information content (AvgIpc) is 2.82. The maximum absolute atomic E-state index is 12.8. The number of carbonyl (C=O) groups is 2. The number of fused-ring (bicyclic) bond motifs is 1. The third-order valence-electron chi connectivity index (χ3n) is 4.22. The van der Waals surface area contributed by atoms with Gasteiger partial charge in [-0.2, -0.15) is 0 Å². The summed E-state index contributed by atoms with van der Waals surface area (Å²) in [6.45, 7) is 5.99. The number of Topliss-reactive ketones (excluding diaryl/α,β-unsaturated/α-hetero) is 2. The first-order chi connectivity index (χ1) is 11.5. The number of aliphatic imine (C=N–C) groups is 1. The van der Waals surface area contributed by atoms with Gasteiger partial charge < -0.3 is 0 Å². The van der Waals surface area contributed by atoms with E-state index in [1.165, 1.54) is 0 Å². The van der Waals surface area contributed by atoms with Gasteiger partial charge in [0.1, 0.15) is 11.7 Å². The Hall–Kier alpha value is -2.55. The summed E-state index contributed by atoms with van der Waals surface area (Å²) in [6.07, 6.45) is 0.386. The second kappa shape index (κ2) is 6.52. The molecule has 0 heterocycles. The molecule has 0 amide bonds. The van der Waals surface area contributed by atoms with Crippen LogP contribution in [0.2, 0.25) is 0 Å². The summed E-state index contributed by atoms with van der Waals surface area (Å²) in [6, 6.07) is 15.2. The highest BCUT2D eigenvalue weighted by Crippen LogP contribution is 2.31. The molecule has 0 radical (unpaired) electrons. The lowest BCUT2D eigenvalue weighted by atomic mass is 9.92. The van der Waals surface area contributed by atoms with Gasteiger partial charge in [0.05, 0.1) is 11.4 Å². The first kappa shape index (κ1) is 16.3. The van der Waals surface area contributed by atoms with Crippen LogP contribution in [0.5, 0.6) is 0 Å². The number of nitrogens with zero attached hydrogens (tertiary/aromatic N) is 1. The largest absolute Gasteiger partial charge is 0.298 e. The van der Waals surface area contributed by atoms with E-state index < -0.39 is 5.92 Å². The van der Waals surface area contributed by atoms with Crippen LogP contribution in [0.3, 0.4) is 0 Å². The summed E-state index contributed by atoms with van der Waals surface area (Å²) in [5.41, 5.74) is 3.89. The number of hydrogen-bond donors (Lipinski definition) is 0. The Labute approximate surface area is 142 Å². The molecule has 2 aromatic rings. The fourth-order valence-corrected chi connectivity index (χ4v) is 3.06. The van der Waals surface area contributed by atoms with Gasteiger partial charge in [0, 0.05) is 17.5 Å². The van der Waals surface area contributed by atoms with Crippen LogP contribution < -0.4 is 0 Å². The van der Waals surface area contributed by atoms with Gasteiger partial charge in [-0.3, -0.25) is 14.6 Å². The molecule has 0 saturated heterocycles. The van der Waals surface area contributed by atoms with Crippen molar-refractivity contribution in [3.8, 4) is 0 Å². The Balaban J connectivity index is 2.09. The summed E-state index contributed by atoms with van der Waals surface area (Å²) in [4.78, 5) is 30.1. The fourth-order valence-electron chi connectivity index (χ4n) is 3.06. The van der Waals surface area contributed by atoms with Gasteiger partial charge in [0.2, 0.25) is 0 Å². The highest BCUT2D eigenvalue weighted by Gasteiger charge is 2.40. The quantitative estimate of drug-likeness (QED) is 0.776. The normalized spacial score (nSPS) is 18.2. The Bertz CT molecular complexity index is 816. The van der Waals surface area contributed by atoms with Crippen molar-refractivity contribution in [1.82, 2.24) is 0 Å². The SMILES string of the molecule is Cc1ccc(N=C2c3ccccc3C(=O)[C@H]2C(=O)CC(C)C)cc1. The molecule has 1 atom stereocenters. The van der Waals surface area contributed by atoms with E-state index in [-0.39, 0.29) is 17.5 Å². The molecule has 0 fully saturated rings. The van der Waals surface area contributed by atoms with Crippen LogP contribution in [0.15, 0.2) is 53.5 Å². The van der Waals surface area contributed by atoms with Gasteiger partial charge in [-0.05, 0) is 25.0 Å². The van der Waals surface area contributed by atoms with E-state index in [4.69, 9.17) is 0 Å². The second-order valence-electron chi connectivity index (χ2n) is 6.74. The molecule has 0 bridgehead atoms. The molecule has 2 aromatic carbocycles. The highest BCUT2D eigenvalue weighted by molar-refractivity contribution is 6.37. The van der Waals surface area contributed by atoms with Crippen molar-refractivity contribution in [2.45, 2.75) is 27.2 Å².